The molecule has 1 aliphatic carbocycles. The number of para-hydroxylation sites is 1. The van der Waals surface area contributed by atoms with Crippen LogP contribution < -0.4 is 10.6 Å². The van der Waals surface area contributed by atoms with E-state index in [-0.39, 0.29) is 49.3 Å². The van der Waals surface area contributed by atoms with Crippen molar-refractivity contribution < 1.29 is 19.2 Å². The van der Waals surface area contributed by atoms with E-state index in [0.29, 0.717) is 44.2 Å². The molecule has 2 aromatic heterocycles. The summed E-state index contributed by atoms with van der Waals surface area (Å²) in [4.78, 5) is 63.2. The van der Waals surface area contributed by atoms with Crippen molar-refractivity contribution in [3.8, 4) is 10.6 Å². The van der Waals surface area contributed by atoms with Crippen LogP contribution in [0, 0.1) is 5.92 Å². The molecule has 4 amide bonds. The van der Waals surface area contributed by atoms with Crippen molar-refractivity contribution in [2.75, 3.05) is 45.8 Å². The average Bonchev–Trinajstić information content (AvgIpc) is 3.57. The molecule has 2 saturated heterocycles. The van der Waals surface area contributed by atoms with E-state index in [4.69, 9.17) is 4.98 Å². The Hall–Kier alpha value is -3.83. The predicted molar refractivity (Wildman–Crippen MR) is 170 cm³/mol. The SMILES string of the molecule is CC(NC(=O)c1c(CN2CCN(CC(=O)N3CCNC(=O)C3)C(=O)C2)c(-c2cccs2)nc2ccccc12)C1CCCCC1. The van der Waals surface area contributed by atoms with E-state index in [9.17, 15) is 19.2 Å². The smallest absolute Gasteiger partial charge is 0.252 e. The van der Waals surface area contributed by atoms with Crippen molar-refractivity contribution in [2.24, 2.45) is 5.92 Å². The Labute approximate surface area is 261 Å². The minimum atomic E-state index is -0.216. The summed E-state index contributed by atoms with van der Waals surface area (Å²) >= 11 is 1.58. The lowest BCUT2D eigenvalue weighted by Gasteiger charge is -2.36. The summed E-state index contributed by atoms with van der Waals surface area (Å²) < 4.78 is 0. The van der Waals surface area contributed by atoms with Gasteiger partial charge >= 0.3 is 0 Å². The first-order valence-corrected chi connectivity index (χ1v) is 16.6. The molecule has 2 N–H and O–H groups in total. The van der Waals surface area contributed by atoms with Crippen LogP contribution in [0.3, 0.4) is 0 Å². The van der Waals surface area contributed by atoms with E-state index < -0.39 is 0 Å². The largest absolute Gasteiger partial charge is 0.353 e. The monoisotopic (exact) mass is 616 g/mol. The number of carbonyl (C=O) groups is 4. The zero-order valence-corrected chi connectivity index (χ0v) is 26.0. The van der Waals surface area contributed by atoms with Gasteiger partial charge in [0.25, 0.3) is 5.91 Å². The van der Waals surface area contributed by atoms with Crippen molar-refractivity contribution in [3.63, 3.8) is 0 Å². The standard InChI is InChI=1S/C33H40N6O4S/c1-22(23-8-3-2-4-9-23)35-33(43)31-24-10-5-6-11-26(24)36-32(27-12-7-17-44-27)25(31)18-37-15-16-39(29(41)20-37)21-30(42)38-14-13-34-28(40)19-38/h5-7,10-12,17,22-23H,2-4,8-9,13-16,18-21H2,1H3,(H,34,40)(H,35,43). The maximum atomic E-state index is 14.2. The fourth-order valence-electron chi connectivity index (χ4n) is 6.71. The molecule has 44 heavy (non-hydrogen) atoms. The minimum absolute atomic E-state index is 0.0255. The van der Waals surface area contributed by atoms with Gasteiger partial charge in [-0.2, -0.15) is 0 Å². The Morgan fingerprint density at radius 1 is 1.05 bits per heavy atom. The number of hydrogen-bond donors (Lipinski definition) is 2. The van der Waals surface area contributed by atoms with Gasteiger partial charge in [-0.25, -0.2) is 4.98 Å². The Kier molecular flexibility index (Phi) is 9.22. The van der Waals surface area contributed by atoms with Crippen LogP contribution in [0.2, 0.25) is 0 Å². The van der Waals surface area contributed by atoms with E-state index in [2.05, 4.69) is 17.6 Å². The van der Waals surface area contributed by atoms with Crippen LogP contribution >= 0.6 is 11.3 Å². The van der Waals surface area contributed by atoms with Crippen molar-refractivity contribution in [2.45, 2.75) is 51.6 Å². The molecule has 3 fully saturated rings. The number of nitrogens with one attached hydrogen (secondary N) is 2. The van der Waals surface area contributed by atoms with Gasteiger partial charge in [-0.15, -0.1) is 11.3 Å². The highest BCUT2D eigenvalue weighted by Crippen LogP contribution is 2.34. The zero-order valence-electron chi connectivity index (χ0n) is 25.2. The van der Waals surface area contributed by atoms with Gasteiger partial charge in [-0.05, 0) is 43.2 Å². The fraction of sp³-hybridized carbons (Fsp3) is 0.485. The van der Waals surface area contributed by atoms with Gasteiger partial charge in [0.15, 0.2) is 0 Å². The molecule has 1 unspecified atom stereocenters. The Balaban J connectivity index is 1.26. The molecular formula is C33H40N6O4S. The zero-order chi connectivity index (χ0) is 30.6. The first-order valence-electron chi connectivity index (χ1n) is 15.7. The molecule has 2 aliphatic heterocycles. The van der Waals surface area contributed by atoms with Gasteiger partial charge in [-0.3, -0.25) is 24.1 Å². The lowest BCUT2D eigenvalue weighted by atomic mass is 9.84. The average molecular weight is 617 g/mol. The number of hydrogen-bond acceptors (Lipinski definition) is 7. The van der Waals surface area contributed by atoms with Crippen LogP contribution in [0.15, 0.2) is 41.8 Å². The molecule has 0 radical (unpaired) electrons. The number of piperazine rings is 2. The second-order valence-corrected chi connectivity index (χ2v) is 13.1. The number of nitrogens with zero attached hydrogens (tertiary/aromatic N) is 4. The summed E-state index contributed by atoms with van der Waals surface area (Å²) in [5.74, 6) is -0.176. The Bertz CT molecular complexity index is 1540. The number of fused-ring (bicyclic) bond motifs is 1. The third-order valence-corrected chi connectivity index (χ3v) is 10.1. The highest BCUT2D eigenvalue weighted by Gasteiger charge is 2.32. The quantitative estimate of drug-likeness (QED) is 0.402. The number of rotatable bonds is 8. The summed E-state index contributed by atoms with van der Waals surface area (Å²) in [5.41, 5.74) is 2.97. The predicted octanol–water partition coefficient (Wildman–Crippen LogP) is 3.26. The van der Waals surface area contributed by atoms with Crippen LogP contribution in [0.25, 0.3) is 21.5 Å². The third kappa shape index (κ3) is 6.63. The van der Waals surface area contributed by atoms with E-state index in [1.807, 2.05) is 46.7 Å². The molecule has 1 aromatic carbocycles. The maximum absolute atomic E-state index is 14.2. The van der Waals surface area contributed by atoms with Gasteiger partial charge < -0.3 is 20.4 Å². The second kappa shape index (κ2) is 13.4. The van der Waals surface area contributed by atoms with E-state index >= 15 is 0 Å². The van der Waals surface area contributed by atoms with Gasteiger partial charge in [0.05, 0.1) is 41.3 Å². The van der Waals surface area contributed by atoms with E-state index in [1.54, 1.807) is 16.2 Å². The highest BCUT2D eigenvalue weighted by molar-refractivity contribution is 7.13. The maximum Gasteiger partial charge on any atom is 0.252 e. The lowest BCUT2D eigenvalue weighted by Crippen LogP contribution is -2.56. The summed E-state index contributed by atoms with van der Waals surface area (Å²) in [6, 6.07) is 11.8. The number of aromatic nitrogens is 1. The molecular weight excluding hydrogens is 576 g/mol. The topological polar surface area (TPSA) is 115 Å². The molecule has 4 heterocycles. The number of pyridine rings is 1. The summed E-state index contributed by atoms with van der Waals surface area (Å²) in [7, 11) is 0. The summed E-state index contributed by atoms with van der Waals surface area (Å²) in [6.07, 6.45) is 5.93. The molecule has 1 saturated carbocycles. The van der Waals surface area contributed by atoms with Crippen LogP contribution in [-0.4, -0.2) is 95.2 Å². The molecule has 0 spiro atoms. The van der Waals surface area contributed by atoms with Crippen LogP contribution in [0.4, 0.5) is 0 Å². The van der Waals surface area contributed by atoms with Crippen LogP contribution in [0.1, 0.15) is 54.9 Å². The first-order chi connectivity index (χ1) is 21.4. The second-order valence-electron chi connectivity index (χ2n) is 12.2. The molecule has 3 aromatic rings. The molecule has 232 valence electrons. The summed E-state index contributed by atoms with van der Waals surface area (Å²) in [5, 5.41) is 8.88. The molecule has 11 heteroatoms. The van der Waals surface area contributed by atoms with Gasteiger partial charge in [0.1, 0.15) is 0 Å². The van der Waals surface area contributed by atoms with Gasteiger partial charge in [-0.1, -0.05) is 43.5 Å². The summed E-state index contributed by atoms with van der Waals surface area (Å²) in [6.45, 7) is 4.43. The molecule has 1 atom stereocenters. The number of benzene rings is 1. The van der Waals surface area contributed by atoms with Crippen molar-refractivity contribution in [1.82, 2.24) is 30.3 Å². The fourth-order valence-corrected chi connectivity index (χ4v) is 7.45. The van der Waals surface area contributed by atoms with E-state index in [0.717, 1.165) is 39.9 Å². The van der Waals surface area contributed by atoms with Crippen molar-refractivity contribution in [1.29, 1.82) is 0 Å². The van der Waals surface area contributed by atoms with Crippen molar-refractivity contribution >= 4 is 45.9 Å². The molecule has 3 aliphatic rings. The van der Waals surface area contributed by atoms with E-state index in [1.165, 1.54) is 24.2 Å². The lowest BCUT2D eigenvalue weighted by molar-refractivity contribution is -0.145. The van der Waals surface area contributed by atoms with Gasteiger partial charge in [0.2, 0.25) is 17.7 Å². The molecule has 6 rings (SSSR count). The number of thiophene rings is 1. The molecule has 0 bridgehead atoms. The van der Waals surface area contributed by atoms with Crippen LogP contribution in [0.5, 0.6) is 0 Å². The highest BCUT2D eigenvalue weighted by atomic mass is 32.1. The Morgan fingerprint density at radius 3 is 2.61 bits per heavy atom. The van der Waals surface area contributed by atoms with Crippen LogP contribution in [-0.2, 0) is 20.9 Å². The van der Waals surface area contributed by atoms with Crippen molar-refractivity contribution in [3.05, 3.63) is 52.9 Å². The van der Waals surface area contributed by atoms with Gasteiger partial charge in [0, 0.05) is 49.7 Å². The Morgan fingerprint density at radius 2 is 1.86 bits per heavy atom. The molecule has 10 nitrogen and oxygen atoms in total. The third-order valence-electron chi connectivity index (χ3n) is 9.19. The normalized spacial score (nSPS) is 19.2. The first kappa shape index (κ1) is 30.2. The minimum Gasteiger partial charge on any atom is -0.353 e. The number of carbonyl (C=O) groups excluding carboxylic acids is 4. The number of amides is 4.